The number of furan rings is 1. The van der Waals surface area contributed by atoms with Gasteiger partial charge in [0, 0.05) is 37.9 Å². The van der Waals surface area contributed by atoms with E-state index in [4.69, 9.17) is 19.6 Å². The van der Waals surface area contributed by atoms with Crippen molar-refractivity contribution >= 4 is 28.3 Å². The summed E-state index contributed by atoms with van der Waals surface area (Å²) in [6, 6.07) is 11.1. The summed E-state index contributed by atoms with van der Waals surface area (Å²) in [6.45, 7) is 5.74. The van der Waals surface area contributed by atoms with Crippen LogP contribution in [-0.4, -0.2) is 42.9 Å². The molecule has 3 heterocycles. The Balaban J connectivity index is 1.28. The van der Waals surface area contributed by atoms with Gasteiger partial charge in [0.1, 0.15) is 5.69 Å². The number of primary amides is 1. The number of aryl methyl sites for hydroxylation is 1. The molecule has 2 saturated heterocycles. The average molecular weight is 455 g/mol. The molecule has 2 aliphatic heterocycles. The summed E-state index contributed by atoms with van der Waals surface area (Å²) in [4.78, 5) is 14.3. The largest absolute Gasteiger partial charge is 0.445 e. The molecular formula is C24H27FN4O4. The number of piperidine rings is 1. The van der Waals surface area contributed by atoms with E-state index in [0.29, 0.717) is 29.9 Å². The molecule has 1 amide bonds. The second-order valence-electron chi connectivity index (χ2n) is 8.63. The number of fused-ring (bicyclic) bond motifs is 1. The van der Waals surface area contributed by atoms with Gasteiger partial charge in [-0.2, -0.15) is 0 Å². The molecule has 2 fully saturated rings. The molecule has 1 aromatic heterocycles. The topological polar surface area (TPSA) is 102 Å². The van der Waals surface area contributed by atoms with Gasteiger partial charge in [-0.25, -0.2) is 4.39 Å². The number of carbonyl (C=O) groups excluding carboxylic acids is 1. The fraction of sp³-hybridized carbons (Fsp3) is 0.375. The summed E-state index contributed by atoms with van der Waals surface area (Å²) >= 11 is 0. The van der Waals surface area contributed by atoms with Crippen molar-refractivity contribution in [2.45, 2.75) is 32.1 Å². The molecule has 1 spiro atoms. The zero-order chi connectivity index (χ0) is 23.0. The molecule has 9 heteroatoms. The Bertz CT molecular complexity index is 1180. The standard InChI is InChI=1S/C24H27FN4O4/c1-15-11-18-20(22(23(26)30)33-21(18)19(25)12-15)28-27-17-4-2-3-16(13-17)14-29-7-5-24(6-8-29)31-9-10-32-24/h2-4,11-13,27-28H,5-10,14H2,1H3,(H2,26,30). The Labute approximate surface area is 190 Å². The first kappa shape index (κ1) is 21.7. The molecule has 8 nitrogen and oxygen atoms in total. The highest BCUT2D eigenvalue weighted by atomic mass is 19.1. The lowest BCUT2D eigenvalue weighted by molar-refractivity contribution is -0.185. The van der Waals surface area contributed by atoms with Gasteiger partial charge in [-0.15, -0.1) is 0 Å². The van der Waals surface area contributed by atoms with Crippen LogP contribution < -0.4 is 16.6 Å². The van der Waals surface area contributed by atoms with Crippen LogP contribution in [0.25, 0.3) is 11.0 Å². The number of nitrogens with one attached hydrogen (secondary N) is 2. The van der Waals surface area contributed by atoms with E-state index < -0.39 is 11.7 Å². The molecule has 2 aromatic carbocycles. The smallest absolute Gasteiger partial charge is 0.286 e. The van der Waals surface area contributed by atoms with Crippen LogP contribution in [0.3, 0.4) is 0 Å². The first-order chi connectivity index (χ1) is 15.9. The van der Waals surface area contributed by atoms with Gasteiger partial charge in [-0.1, -0.05) is 12.1 Å². The van der Waals surface area contributed by atoms with Crippen LogP contribution in [0.2, 0.25) is 0 Å². The number of benzene rings is 2. The maximum Gasteiger partial charge on any atom is 0.286 e. The Kier molecular flexibility index (Phi) is 5.69. The Morgan fingerprint density at radius 1 is 1.15 bits per heavy atom. The van der Waals surface area contributed by atoms with Crippen molar-refractivity contribution in [3.63, 3.8) is 0 Å². The van der Waals surface area contributed by atoms with Gasteiger partial charge < -0.3 is 25.1 Å². The number of hydrogen-bond donors (Lipinski definition) is 3. The van der Waals surface area contributed by atoms with E-state index >= 15 is 0 Å². The highest BCUT2D eigenvalue weighted by Gasteiger charge is 2.39. The van der Waals surface area contributed by atoms with Crippen molar-refractivity contribution in [3.8, 4) is 0 Å². The van der Waals surface area contributed by atoms with Gasteiger partial charge in [0.15, 0.2) is 17.2 Å². The molecule has 33 heavy (non-hydrogen) atoms. The van der Waals surface area contributed by atoms with Gasteiger partial charge in [-0.3, -0.25) is 15.1 Å². The maximum atomic E-state index is 14.3. The molecule has 0 saturated carbocycles. The van der Waals surface area contributed by atoms with Crippen molar-refractivity contribution < 1.29 is 23.1 Å². The van der Waals surface area contributed by atoms with Crippen LogP contribution in [0.1, 0.15) is 34.5 Å². The van der Waals surface area contributed by atoms with Crippen molar-refractivity contribution in [2.24, 2.45) is 5.73 Å². The Morgan fingerprint density at radius 3 is 2.64 bits per heavy atom. The van der Waals surface area contributed by atoms with Gasteiger partial charge in [-0.05, 0) is 42.3 Å². The number of amides is 1. The second kappa shape index (κ2) is 8.66. The maximum absolute atomic E-state index is 14.3. The zero-order valence-corrected chi connectivity index (χ0v) is 18.4. The minimum Gasteiger partial charge on any atom is -0.445 e. The van der Waals surface area contributed by atoms with Crippen molar-refractivity contribution in [3.05, 3.63) is 59.1 Å². The highest BCUT2D eigenvalue weighted by Crippen LogP contribution is 2.34. The molecule has 174 valence electrons. The third-order valence-corrected chi connectivity index (χ3v) is 6.21. The van der Waals surface area contributed by atoms with Crippen molar-refractivity contribution in [1.82, 2.24) is 4.90 Å². The molecule has 2 aliphatic rings. The molecule has 0 aliphatic carbocycles. The van der Waals surface area contributed by atoms with Crippen LogP contribution in [0.5, 0.6) is 0 Å². The Morgan fingerprint density at radius 2 is 1.91 bits per heavy atom. The fourth-order valence-corrected chi connectivity index (χ4v) is 4.57. The third-order valence-electron chi connectivity index (χ3n) is 6.21. The summed E-state index contributed by atoms with van der Waals surface area (Å²) in [5.41, 5.74) is 14.5. The van der Waals surface area contributed by atoms with Crippen molar-refractivity contribution in [1.29, 1.82) is 0 Å². The number of anilines is 2. The molecule has 0 atom stereocenters. The van der Waals surface area contributed by atoms with E-state index in [2.05, 4.69) is 21.8 Å². The number of halogens is 1. The lowest BCUT2D eigenvalue weighted by atomic mass is 10.0. The van der Waals surface area contributed by atoms with Crippen LogP contribution in [-0.2, 0) is 16.0 Å². The van der Waals surface area contributed by atoms with Crippen LogP contribution in [0, 0.1) is 12.7 Å². The quantitative estimate of drug-likeness (QED) is 0.488. The summed E-state index contributed by atoms with van der Waals surface area (Å²) in [6.07, 6.45) is 1.73. The summed E-state index contributed by atoms with van der Waals surface area (Å²) in [5, 5.41) is 0.448. The first-order valence-corrected chi connectivity index (χ1v) is 11.1. The number of hydrazine groups is 1. The molecular weight excluding hydrogens is 427 g/mol. The highest BCUT2D eigenvalue weighted by molar-refractivity contribution is 6.06. The minimum atomic E-state index is -0.778. The zero-order valence-electron chi connectivity index (χ0n) is 18.4. The first-order valence-electron chi connectivity index (χ1n) is 11.1. The van der Waals surface area contributed by atoms with E-state index in [1.807, 2.05) is 18.2 Å². The second-order valence-corrected chi connectivity index (χ2v) is 8.63. The van der Waals surface area contributed by atoms with Crippen LogP contribution in [0.4, 0.5) is 15.8 Å². The molecule has 0 radical (unpaired) electrons. The van der Waals surface area contributed by atoms with Gasteiger partial charge >= 0.3 is 0 Å². The van der Waals surface area contributed by atoms with E-state index in [0.717, 1.165) is 43.7 Å². The Hall–Kier alpha value is -3.14. The van der Waals surface area contributed by atoms with Gasteiger partial charge in [0.25, 0.3) is 5.91 Å². The fourth-order valence-electron chi connectivity index (χ4n) is 4.57. The average Bonchev–Trinajstić information content (AvgIpc) is 3.39. The SMILES string of the molecule is Cc1cc(F)c2oc(C(N)=O)c(NNc3cccc(CN4CCC5(CC4)OCCO5)c3)c2c1. The number of rotatable bonds is 6. The molecule has 5 rings (SSSR count). The number of hydrogen-bond acceptors (Lipinski definition) is 7. The summed E-state index contributed by atoms with van der Waals surface area (Å²) in [5.74, 6) is -1.83. The van der Waals surface area contributed by atoms with Crippen LogP contribution in [0.15, 0.2) is 40.8 Å². The predicted molar refractivity (Wildman–Crippen MR) is 122 cm³/mol. The number of nitrogens with zero attached hydrogens (tertiary/aromatic N) is 1. The number of ether oxygens (including phenoxy) is 2. The number of carbonyl (C=O) groups is 1. The summed E-state index contributed by atoms with van der Waals surface area (Å²) < 4.78 is 31.4. The van der Waals surface area contributed by atoms with E-state index in [1.54, 1.807) is 13.0 Å². The number of nitrogens with two attached hydrogens (primary N) is 1. The van der Waals surface area contributed by atoms with Gasteiger partial charge in [0.05, 0.1) is 18.9 Å². The molecule has 0 bridgehead atoms. The van der Waals surface area contributed by atoms with Crippen molar-refractivity contribution in [2.75, 3.05) is 37.2 Å². The number of likely N-dealkylation sites (tertiary alicyclic amines) is 1. The molecule has 4 N–H and O–H groups in total. The third kappa shape index (κ3) is 4.39. The summed E-state index contributed by atoms with van der Waals surface area (Å²) in [7, 11) is 0. The van der Waals surface area contributed by atoms with E-state index in [1.165, 1.54) is 6.07 Å². The van der Waals surface area contributed by atoms with Crippen LogP contribution >= 0.6 is 0 Å². The normalized spacial score (nSPS) is 18.1. The minimum absolute atomic E-state index is 0.00876. The lowest BCUT2D eigenvalue weighted by Gasteiger charge is -2.37. The predicted octanol–water partition coefficient (Wildman–Crippen LogP) is 3.76. The molecule has 3 aromatic rings. The monoisotopic (exact) mass is 454 g/mol. The lowest BCUT2D eigenvalue weighted by Crippen LogP contribution is -2.44. The van der Waals surface area contributed by atoms with Gasteiger partial charge in [0.2, 0.25) is 5.76 Å². The molecule has 0 unspecified atom stereocenters. The van der Waals surface area contributed by atoms with E-state index in [9.17, 15) is 9.18 Å². The van der Waals surface area contributed by atoms with E-state index in [-0.39, 0.29) is 17.1 Å².